The molecule has 1 saturated heterocycles. The van der Waals surface area contributed by atoms with Crippen molar-refractivity contribution in [2.45, 2.75) is 26.1 Å². The van der Waals surface area contributed by atoms with Gasteiger partial charge in [0.25, 0.3) is 0 Å². The number of ether oxygens (including phenoxy) is 3. The van der Waals surface area contributed by atoms with E-state index < -0.39 is 0 Å². The van der Waals surface area contributed by atoms with Gasteiger partial charge in [0.1, 0.15) is 11.5 Å². The van der Waals surface area contributed by atoms with Gasteiger partial charge in [-0.3, -0.25) is 4.79 Å². The first kappa shape index (κ1) is 16.4. The number of hydrogen-bond donors (Lipinski definition) is 0. The van der Waals surface area contributed by atoms with Crippen LogP contribution in [0.25, 0.3) is 6.08 Å². The van der Waals surface area contributed by atoms with Gasteiger partial charge in [-0.15, -0.1) is 0 Å². The fraction of sp³-hybridized carbons (Fsp3) is 0.471. The minimum absolute atomic E-state index is 0.0140. The van der Waals surface area contributed by atoms with Gasteiger partial charge >= 0.3 is 0 Å². The van der Waals surface area contributed by atoms with Crippen LogP contribution < -0.4 is 9.47 Å². The molecule has 1 aliphatic rings. The highest BCUT2D eigenvalue weighted by Gasteiger charge is 2.24. The highest BCUT2D eigenvalue weighted by atomic mass is 16.5. The maximum absolute atomic E-state index is 12.3. The third kappa shape index (κ3) is 4.01. The van der Waals surface area contributed by atoms with E-state index in [1.165, 1.54) is 0 Å². The molecule has 0 aliphatic carbocycles. The molecule has 1 aliphatic heterocycles. The lowest BCUT2D eigenvalue weighted by Gasteiger charge is -2.34. The van der Waals surface area contributed by atoms with Crippen molar-refractivity contribution < 1.29 is 19.0 Å². The Morgan fingerprint density at radius 3 is 2.50 bits per heavy atom. The van der Waals surface area contributed by atoms with E-state index >= 15 is 0 Å². The predicted molar refractivity (Wildman–Crippen MR) is 85.2 cm³/mol. The van der Waals surface area contributed by atoms with Gasteiger partial charge in [-0.1, -0.05) is 0 Å². The SMILES string of the molecule is COc1ccc(/C=C/C(=O)N2CC(C)OC(C)C2)c(OC)c1. The van der Waals surface area contributed by atoms with Crippen molar-refractivity contribution in [2.75, 3.05) is 27.3 Å². The van der Waals surface area contributed by atoms with Gasteiger partial charge in [0.15, 0.2) is 0 Å². The van der Waals surface area contributed by atoms with Crippen LogP contribution in [0.2, 0.25) is 0 Å². The van der Waals surface area contributed by atoms with Crippen LogP contribution in [0.15, 0.2) is 24.3 Å². The number of nitrogens with zero attached hydrogens (tertiary/aromatic N) is 1. The smallest absolute Gasteiger partial charge is 0.246 e. The average Bonchev–Trinajstić information content (AvgIpc) is 2.51. The predicted octanol–water partition coefficient (Wildman–Crippen LogP) is 2.35. The van der Waals surface area contributed by atoms with Crippen molar-refractivity contribution in [3.05, 3.63) is 29.8 Å². The Hall–Kier alpha value is -2.01. The number of hydrogen-bond acceptors (Lipinski definition) is 4. The summed E-state index contributed by atoms with van der Waals surface area (Å²) < 4.78 is 16.1. The fourth-order valence-electron chi connectivity index (χ4n) is 2.58. The van der Waals surface area contributed by atoms with Crippen LogP contribution >= 0.6 is 0 Å². The second-order valence-corrected chi connectivity index (χ2v) is 5.44. The zero-order valence-corrected chi connectivity index (χ0v) is 13.5. The molecule has 1 aromatic rings. The number of amides is 1. The first-order valence-electron chi connectivity index (χ1n) is 7.38. The maximum atomic E-state index is 12.3. The lowest BCUT2D eigenvalue weighted by molar-refractivity contribution is -0.137. The van der Waals surface area contributed by atoms with E-state index in [1.54, 1.807) is 32.4 Å². The van der Waals surface area contributed by atoms with Crippen LogP contribution in [-0.2, 0) is 9.53 Å². The number of methoxy groups -OCH3 is 2. The van der Waals surface area contributed by atoms with Crippen molar-refractivity contribution in [3.63, 3.8) is 0 Å². The van der Waals surface area contributed by atoms with Crippen molar-refractivity contribution in [1.29, 1.82) is 0 Å². The molecule has 0 spiro atoms. The van der Waals surface area contributed by atoms with Gasteiger partial charge in [-0.2, -0.15) is 0 Å². The first-order chi connectivity index (χ1) is 10.5. The van der Waals surface area contributed by atoms with Gasteiger partial charge in [0, 0.05) is 30.8 Å². The summed E-state index contributed by atoms with van der Waals surface area (Å²) in [6.07, 6.45) is 3.48. The highest BCUT2D eigenvalue weighted by molar-refractivity contribution is 5.92. The van der Waals surface area contributed by atoms with Gasteiger partial charge in [-0.05, 0) is 32.1 Å². The molecule has 0 bridgehead atoms. The van der Waals surface area contributed by atoms with Crippen LogP contribution in [0, 0.1) is 0 Å². The molecule has 0 saturated carbocycles. The molecule has 0 aromatic heterocycles. The molecule has 2 unspecified atom stereocenters. The summed E-state index contributed by atoms with van der Waals surface area (Å²) in [5.41, 5.74) is 0.839. The Labute approximate surface area is 131 Å². The van der Waals surface area contributed by atoms with Gasteiger partial charge in [-0.25, -0.2) is 0 Å². The molecule has 1 aromatic carbocycles. The first-order valence-corrected chi connectivity index (χ1v) is 7.38. The van der Waals surface area contributed by atoms with Crippen LogP contribution in [0.5, 0.6) is 11.5 Å². The molecule has 1 heterocycles. The molecule has 5 nitrogen and oxygen atoms in total. The molecule has 1 amide bonds. The van der Waals surface area contributed by atoms with Crippen molar-refractivity contribution in [2.24, 2.45) is 0 Å². The zero-order chi connectivity index (χ0) is 16.1. The Kier molecular flexibility index (Phi) is 5.44. The van der Waals surface area contributed by atoms with Gasteiger partial charge in [0.2, 0.25) is 5.91 Å². The Morgan fingerprint density at radius 2 is 1.91 bits per heavy atom. The van der Waals surface area contributed by atoms with Gasteiger partial charge in [0.05, 0.1) is 26.4 Å². The molecule has 22 heavy (non-hydrogen) atoms. The van der Waals surface area contributed by atoms with E-state index in [-0.39, 0.29) is 18.1 Å². The summed E-state index contributed by atoms with van der Waals surface area (Å²) >= 11 is 0. The molecule has 5 heteroatoms. The number of carbonyl (C=O) groups is 1. The Bertz CT molecular complexity index is 546. The largest absolute Gasteiger partial charge is 0.497 e. The minimum atomic E-state index is -0.0140. The van der Waals surface area contributed by atoms with E-state index in [2.05, 4.69) is 0 Å². The normalized spacial score (nSPS) is 21.9. The van der Waals surface area contributed by atoms with Crippen LogP contribution in [0.4, 0.5) is 0 Å². The molecule has 0 N–H and O–H groups in total. The summed E-state index contributed by atoms with van der Waals surface area (Å²) in [6, 6.07) is 5.50. The lowest BCUT2D eigenvalue weighted by Crippen LogP contribution is -2.47. The van der Waals surface area contributed by atoms with Crippen molar-refractivity contribution in [3.8, 4) is 11.5 Å². The maximum Gasteiger partial charge on any atom is 0.246 e. The number of carbonyl (C=O) groups excluding carboxylic acids is 1. The quantitative estimate of drug-likeness (QED) is 0.801. The second-order valence-electron chi connectivity index (χ2n) is 5.44. The topological polar surface area (TPSA) is 48.0 Å². The standard InChI is InChI=1S/C17H23NO4/c1-12-10-18(11-13(2)22-12)17(19)8-6-14-5-7-15(20-3)9-16(14)21-4/h5-9,12-13H,10-11H2,1-4H3/b8-6+. The molecule has 2 atom stereocenters. The van der Waals surface area contributed by atoms with E-state index in [1.807, 2.05) is 30.9 Å². The Balaban J connectivity index is 2.09. The molecule has 0 radical (unpaired) electrons. The summed E-state index contributed by atoms with van der Waals surface area (Å²) in [7, 11) is 3.20. The second kappa shape index (κ2) is 7.31. The lowest BCUT2D eigenvalue weighted by atomic mass is 10.1. The molecule has 2 rings (SSSR count). The van der Waals surface area contributed by atoms with E-state index in [4.69, 9.17) is 14.2 Å². The van der Waals surface area contributed by atoms with Crippen LogP contribution in [-0.4, -0.2) is 50.3 Å². The molecular formula is C17H23NO4. The third-order valence-electron chi connectivity index (χ3n) is 3.58. The molecular weight excluding hydrogens is 282 g/mol. The number of rotatable bonds is 4. The van der Waals surface area contributed by atoms with Gasteiger partial charge < -0.3 is 19.1 Å². The monoisotopic (exact) mass is 305 g/mol. The average molecular weight is 305 g/mol. The number of morpholine rings is 1. The summed E-state index contributed by atoms with van der Waals surface area (Å²) in [5, 5.41) is 0. The summed E-state index contributed by atoms with van der Waals surface area (Å²) in [4.78, 5) is 14.1. The van der Waals surface area contributed by atoms with Crippen LogP contribution in [0.3, 0.4) is 0 Å². The molecule has 120 valence electrons. The fourth-order valence-corrected chi connectivity index (χ4v) is 2.58. The zero-order valence-electron chi connectivity index (χ0n) is 13.5. The van der Waals surface area contributed by atoms with E-state index in [0.29, 0.717) is 18.8 Å². The third-order valence-corrected chi connectivity index (χ3v) is 3.58. The number of benzene rings is 1. The van der Waals surface area contributed by atoms with E-state index in [0.717, 1.165) is 11.3 Å². The van der Waals surface area contributed by atoms with Crippen molar-refractivity contribution >= 4 is 12.0 Å². The summed E-state index contributed by atoms with van der Waals surface area (Å²) in [5.74, 6) is 1.38. The van der Waals surface area contributed by atoms with Crippen LogP contribution in [0.1, 0.15) is 19.4 Å². The Morgan fingerprint density at radius 1 is 1.23 bits per heavy atom. The molecule has 1 fully saturated rings. The summed E-state index contributed by atoms with van der Waals surface area (Å²) in [6.45, 7) is 5.19. The van der Waals surface area contributed by atoms with E-state index in [9.17, 15) is 4.79 Å². The minimum Gasteiger partial charge on any atom is -0.497 e. The van der Waals surface area contributed by atoms with Crippen molar-refractivity contribution in [1.82, 2.24) is 4.90 Å². The highest BCUT2D eigenvalue weighted by Crippen LogP contribution is 2.25.